The Morgan fingerprint density at radius 3 is 3.14 bits per heavy atom. The lowest BCUT2D eigenvalue weighted by Gasteiger charge is -2.51. The average molecular weight is 362 g/mol. The van der Waals surface area contributed by atoms with Crippen molar-refractivity contribution < 1.29 is 4.74 Å². The molecule has 2 aromatic rings. The largest absolute Gasteiger partial charge is 0.377 e. The van der Waals surface area contributed by atoms with Crippen LogP contribution in [0.4, 0.5) is 0 Å². The van der Waals surface area contributed by atoms with Crippen LogP contribution < -0.4 is 0 Å². The molecule has 0 radical (unpaired) electrons. The zero-order chi connectivity index (χ0) is 14.7. The minimum atomic E-state index is 0.471. The highest BCUT2D eigenvalue weighted by Gasteiger charge is 2.41. The second-order valence-electron chi connectivity index (χ2n) is 6.59. The quantitative estimate of drug-likeness (QED) is 0.782. The van der Waals surface area contributed by atoms with E-state index in [0.29, 0.717) is 12.2 Å². The maximum absolute atomic E-state index is 5.75. The second kappa shape index (κ2) is 5.06. The molecule has 0 saturated carbocycles. The lowest BCUT2D eigenvalue weighted by atomic mass is 9.92. The molecule has 0 bridgehead atoms. The predicted octanol–water partition coefficient (Wildman–Crippen LogP) is 2.89. The van der Waals surface area contributed by atoms with Gasteiger partial charge in [0.05, 0.1) is 25.4 Å². The highest BCUT2D eigenvalue weighted by molar-refractivity contribution is 9.10. The van der Waals surface area contributed by atoms with Gasteiger partial charge in [0, 0.05) is 40.7 Å². The molecule has 3 aliphatic rings. The van der Waals surface area contributed by atoms with Crippen LogP contribution in [0.2, 0.25) is 0 Å². The molecule has 5 rings (SSSR count). The molecule has 1 aromatic carbocycles. The first-order valence-electron chi connectivity index (χ1n) is 8.19. The number of nitrogens with zero attached hydrogens (tertiary/aromatic N) is 2. The lowest BCUT2D eigenvalue weighted by Crippen LogP contribution is -2.61. The average Bonchev–Trinajstić information content (AvgIpc) is 2.92. The van der Waals surface area contributed by atoms with Crippen molar-refractivity contribution in [2.24, 2.45) is 0 Å². The van der Waals surface area contributed by atoms with Crippen molar-refractivity contribution in [2.75, 3.05) is 32.8 Å². The minimum Gasteiger partial charge on any atom is -0.377 e. The molecule has 5 heteroatoms. The number of aromatic amines is 1. The van der Waals surface area contributed by atoms with E-state index in [1.165, 1.54) is 39.6 Å². The highest BCUT2D eigenvalue weighted by Crippen LogP contribution is 2.41. The van der Waals surface area contributed by atoms with Crippen molar-refractivity contribution in [1.29, 1.82) is 0 Å². The Balaban J connectivity index is 1.58. The molecule has 2 atom stereocenters. The van der Waals surface area contributed by atoms with E-state index in [0.717, 1.165) is 32.7 Å². The molecule has 4 nitrogen and oxygen atoms in total. The first-order chi connectivity index (χ1) is 10.8. The van der Waals surface area contributed by atoms with Crippen molar-refractivity contribution in [3.63, 3.8) is 0 Å². The number of H-pyrrole nitrogens is 1. The van der Waals surface area contributed by atoms with E-state index in [-0.39, 0.29) is 0 Å². The van der Waals surface area contributed by atoms with E-state index in [1.807, 2.05) is 0 Å². The molecule has 0 unspecified atom stereocenters. The summed E-state index contributed by atoms with van der Waals surface area (Å²) in [5.74, 6) is 0. The van der Waals surface area contributed by atoms with Crippen molar-refractivity contribution in [3.8, 4) is 0 Å². The van der Waals surface area contributed by atoms with Crippen LogP contribution >= 0.6 is 15.9 Å². The van der Waals surface area contributed by atoms with Gasteiger partial charge in [-0.15, -0.1) is 0 Å². The lowest BCUT2D eigenvalue weighted by molar-refractivity contribution is -0.120. The summed E-state index contributed by atoms with van der Waals surface area (Å²) in [4.78, 5) is 8.98. The molecule has 0 spiro atoms. The standard InChI is InChI=1S/C17H20BrN3O/c18-11-1-2-14-13(9-11)12-3-6-21-15(17(12)19-14)4-5-20-7-8-22-10-16(20)21/h1-2,9,15-16,19H,3-8,10H2/t15-,16-/m1/s1. The third kappa shape index (κ3) is 1.92. The van der Waals surface area contributed by atoms with Gasteiger partial charge in [0.1, 0.15) is 0 Å². The molecule has 2 saturated heterocycles. The van der Waals surface area contributed by atoms with Gasteiger partial charge in [-0.25, -0.2) is 0 Å². The van der Waals surface area contributed by atoms with Gasteiger partial charge >= 0.3 is 0 Å². The fourth-order valence-electron chi connectivity index (χ4n) is 4.50. The molecular weight excluding hydrogens is 342 g/mol. The summed E-state index contributed by atoms with van der Waals surface area (Å²) in [6.07, 6.45) is 2.82. The molecule has 1 N–H and O–H groups in total. The minimum absolute atomic E-state index is 0.471. The van der Waals surface area contributed by atoms with Gasteiger partial charge in [-0.2, -0.15) is 0 Å². The number of ether oxygens (including phenoxy) is 1. The van der Waals surface area contributed by atoms with Crippen LogP contribution in [-0.4, -0.2) is 53.8 Å². The number of hydrogen-bond donors (Lipinski definition) is 1. The van der Waals surface area contributed by atoms with Crippen LogP contribution in [0.5, 0.6) is 0 Å². The molecule has 1 aromatic heterocycles. The maximum atomic E-state index is 5.75. The van der Waals surface area contributed by atoms with E-state index in [9.17, 15) is 0 Å². The van der Waals surface area contributed by atoms with E-state index in [4.69, 9.17) is 4.74 Å². The van der Waals surface area contributed by atoms with Crippen LogP contribution in [-0.2, 0) is 11.2 Å². The molecule has 4 heterocycles. The summed E-state index contributed by atoms with van der Waals surface area (Å²) in [6.45, 7) is 5.16. The summed E-state index contributed by atoms with van der Waals surface area (Å²) in [6, 6.07) is 7.11. The van der Waals surface area contributed by atoms with Gasteiger partial charge in [0.25, 0.3) is 0 Å². The predicted molar refractivity (Wildman–Crippen MR) is 89.9 cm³/mol. The van der Waals surface area contributed by atoms with Crippen molar-refractivity contribution in [3.05, 3.63) is 33.9 Å². The smallest absolute Gasteiger partial charge is 0.0870 e. The number of fused-ring (bicyclic) bond motifs is 7. The fourth-order valence-corrected chi connectivity index (χ4v) is 4.86. The Bertz CT molecular complexity index is 728. The first kappa shape index (κ1) is 13.5. The Labute approximate surface area is 138 Å². The Hall–Kier alpha value is -0.880. The van der Waals surface area contributed by atoms with Gasteiger partial charge in [-0.3, -0.25) is 9.80 Å². The summed E-state index contributed by atoms with van der Waals surface area (Å²) < 4.78 is 6.92. The third-order valence-electron chi connectivity index (χ3n) is 5.54. The molecule has 2 fully saturated rings. The van der Waals surface area contributed by atoms with E-state index in [2.05, 4.69) is 48.9 Å². The molecule has 116 valence electrons. The normalized spacial score (nSPS) is 29.1. The summed E-state index contributed by atoms with van der Waals surface area (Å²) in [5, 5.41) is 1.39. The van der Waals surface area contributed by atoms with E-state index < -0.39 is 0 Å². The molecule has 0 amide bonds. The monoisotopic (exact) mass is 361 g/mol. The van der Waals surface area contributed by atoms with Gasteiger partial charge in [-0.1, -0.05) is 15.9 Å². The number of benzene rings is 1. The molecule has 0 aliphatic carbocycles. The Morgan fingerprint density at radius 1 is 1.23 bits per heavy atom. The van der Waals surface area contributed by atoms with Crippen molar-refractivity contribution >= 4 is 26.8 Å². The third-order valence-corrected chi connectivity index (χ3v) is 6.03. The molecule has 3 aliphatic heterocycles. The second-order valence-corrected chi connectivity index (χ2v) is 7.51. The highest BCUT2D eigenvalue weighted by atomic mass is 79.9. The number of aromatic nitrogens is 1. The number of morpholine rings is 1. The maximum Gasteiger partial charge on any atom is 0.0870 e. The zero-order valence-corrected chi connectivity index (χ0v) is 14.1. The summed E-state index contributed by atoms with van der Waals surface area (Å²) in [5.41, 5.74) is 4.25. The number of hydrogen-bond acceptors (Lipinski definition) is 3. The topological polar surface area (TPSA) is 31.5 Å². The first-order valence-corrected chi connectivity index (χ1v) is 8.98. The van der Waals surface area contributed by atoms with Gasteiger partial charge < -0.3 is 9.72 Å². The van der Waals surface area contributed by atoms with Crippen LogP contribution in [0, 0.1) is 0 Å². The van der Waals surface area contributed by atoms with Gasteiger partial charge in [-0.05, 0) is 36.6 Å². The van der Waals surface area contributed by atoms with Crippen LogP contribution in [0.3, 0.4) is 0 Å². The Morgan fingerprint density at radius 2 is 2.18 bits per heavy atom. The Kier molecular flexibility index (Phi) is 3.12. The van der Waals surface area contributed by atoms with Crippen LogP contribution in [0.25, 0.3) is 10.9 Å². The molecular formula is C17H20BrN3O. The molecule has 22 heavy (non-hydrogen) atoms. The van der Waals surface area contributed by atoms with E-state index >= 15 is 0 Å². The zero-order valence-electron chi connectivity index (χ0n) is 12.5. The van der Waals surface area contributed by atoms with Crippen LogP contribution in [0.1, 0.15) is 23.7 Å². The number of nitrogens with one attached hydrogen (secondary N) is 1. The van der Waals surface area contributed by atoms with E-state index in [1.54, 1.807) is 0 Å². The van der Waals surface area contributed by atoms with Gasteiger partial charge in [0.15, 0.2) is 0 Å². The van der Waals surface area contributed by atoms with Gasteiger partial charge in [0.2, 0.25) is 0 Å². The van der Waals surface area contributed by atoms with Crippen molar-refractivity contribution in [2.45, 2.75) is 25.0 Å². The summed E-state index contributed by atoms with van der Waals surface area (Å²) in [7, 11) is 0. The number of halogens is 1. The van der Waals surface area contributed by atoms with Crippen molar-refractivity contribution in [1.82, 2.24) is 14.8 Å². The SMILES string of the molecule is Brc1ccc2[nH]c3c(c2c1)CCN1[C@@H]3CCN2CCOC[C@H]21. The van der Waals surface area contributed by atoms with Crippen LogP contribution in [0.15, 0.2) is 22.7 Å². The summed E-state index contributed by atoms with van der Waals surface area (Å²) >= 11 is 3.61. The fraction of sp³-hybridized carbons (Fsp3) is 0.529. The number of rotatable bonds is 0.